The maximum absolute atomic E-state index is 13.6. The topological polar surface area (TPSA) is 78.8 Å². The molecular weight excluding hydrogens is 371 g/mol. The van der Waals surface area contributed by atoms with Gasteiger partial charge >= 0.3 is 0 Å². The van der Waals surface area contributed by atoms with E-state index in [0.717, 1.165) is 18.8 Å². The molecule has 3 fully saturated rings. The van der Waals surface area contributed by atoms with Crippen LogP contribution in [0.4, 0.5) is 4.39 Å². The highest BCUT2D eigenvalue weighted by Crippen LogP contribution is 2.47. The summed E-state index contributed by atoms with van der Waals surface area (Å²) >= 11 is 1.20. The zero-order valence-corrected chi connectivity index (χ0v) is 15.7. The molecule has 0 aliphatic carbocycles. The molecule has 0 aromatic carbocycles. The first-order chi connectivity index (χ1) is 13.1. The molecule has 2 bridgehead atoms. The number of halogens is 1. The van der Waals surface area contributed by atoms with Gasteiger partial charge in [-0.25, -0.2) is 4.39 Å². The Morgan fingerprint density at radius 2 is 2.26 bits per heavy atom. The first kappa shape index (κ1) is 17.7. The van der Waals surface area contributed by atoms with E-state index in [-0.39, 0.29) is 48.2 Å². The summed E-state index contributed by atoms with van der Waals surface area (Å²) in [5.74, 6) is -0.328. The van der Waals surface area contributed by atoms with Crippen LogP contribution in [0.1, 0.15) is 18.5 Å². The number of ether oxygens (including phenoxy) is 1. The number of amides is 1. The third kappa shape index (κ3) is 3.10. The summed E-state index contributed by atoms with van der Waals surface area (Å²) in [6, 6.07) is 0. The van der Waals surface area contributed by atoms with Gasteiger partial charge in [0, 0.05) is 38.0 Å². The Balaban J connectivity index is 1.32. The number of hydrogen-bond acceptors (Lipinski definition) is 7. The Morgan fingerprint density at radius 1 is 1.41 bits per heavy atom. The van der Waals surface area contributed by atoms with E-state index in [0.29, 0.717) is 25.9 Å². The lowest BCUT2D eigenvalue weighted by atomic mass is 9.82. The Labute approximate surface area is 161 Å². The number of nitrogens with zero attached hydrogens (tertiary/aromatic N) is 4. The van der Waals surface area contributed by atoms with Gasteiger partial charge in [0.1, 0.15) is 5.83 Å². The van der Waals surface area contributed by atoms with E-state index in [2.05, 4.69) is 13.6 Å². The highest BCUT2D eigenvalue weighted by atomic mass is 32.1. The SMILES string of the molecule is O=C(C1C[C@@H]2O[C@H]1[C@H]1CN(Cc3cnsn3)C[C@H]1[C@@H]2O)N1CCC=C(F)C1. The van der Waals surface area contributed by atoms with Crippen molar-refractivity contribution < 1.29 is 19.0 Å². The lowest BCUT2D eigenvalue weighted by Gasteiger charge is -2.37. The molecule has 4 aliphatic heterocycles. The van der Waals surface area contributed by atoms with Gasteiger partial charge in [-0.2, -0.15) is 8.75 Å². The fourth-order valence-corrected chi connectivity index (χ4v) is 5.69. The number of carbonyl (C=O) groups excluding carboxylic acids is 1. The Morgan fingerprint density at radius 3 is 3.04 bits per heavy atom. The second-order valence-corrected chi connectivity index (χ2v) is 8.65. The zero-order valence-electron chi connectivity index (χ0n) is 14.9. The molecule has 1 aromatic heterocycles. The molecule has 5 rings (SSSR count). The van der Waals surface area contributed by atoms with Crippen molar-refractivity contribution in [3.8, 4) is 0 Å². The van der Waals surface area contributed by atoms with Crippen molar-refractivity contribution in [1.82, 2.24) is 18.5 Å². The molecule has 1 amide bonds. The molecule has 0 saturated carbocycles. The predicted molar refractivity (Wildman–Crippen MR) is 95.3 cm³/mol. The standard InChI is InChI=1S/C18H23FN4O3S/c19-10-2-1-3-23(6-10)18(25)12-4-15-16(24)13-8-22(7-11-5-20-27-21-11)9-14(13)17(12)26-15/h2,5,12-17,24H,1,3-4,6-9H2/t12?,13-,14+,15+,16+,17-/m1/s1. The number of aliphatic hydroxyl groups excluding tert-OH is 1. The van der Waals surface area contributed by atoms with Crippen LogP contribution in [0.5, 0.6) is 0 Å². The molecule has 27 heavy (non-hydrogen) atoms. The van der Waals surface area contributed by atoms with E-state index >= 15 is 0 Å². The normalized spacial score (nSPS) is 38.7. The van der Waals surface area contributed by atoms with E-state index in [1.54, 1.807) is 17.2 Å². The summed E-state index contributed by atoms with van der Waals surface area (Å²) in [6.45, 7) is 2.87. The molecule has 7 nitrogen and oxygen atoms in total. The molecule has 0 radical (unpaired) electrons. The average molecular weight is 394 g/mol. The number of rotatable bonds is 3. The van der Waals surface area contributed by atoms with Gasteiger partial charge in [-0.05, 0) is 18.9 Å². The molecule has 146 valence electrons. The van der Waals surface area contributed by atoms with E-state index < -0.39 is 6.10 Å². The number of hydrogen-bond donors (Lipinski definition) is 1. The number of likely N-dealkylation sites (tertiary alicyclic amines) is 1. The summed E-state index contributed by atoms with van der Waals surface area (Å²) in [5, 5.41) is 10.8. The van der Waals surface area contributed by atoms with Crippen LogP contribution >= 0.6 is 11.7 Å². The molecule has 5 heterocycles. The molecule has 4 aliphatic rings. The van der Waals surface area contributed by atoms with Crippen molar-refractivity contribution in [2.45, 2.75) is 37.7 Å². The number of fused-ring (bicyclic) bond motifs is 4. The molecule has 1 unspecified atom stereocenters. The van der Waals surface area contributed by atoms with Gasteiger partial charge in [0.25, 0.3) is 0 Å². The third-order valence-corrected chi connectivity index (χ3v) is 6.99. The minimum atomic E-state index is -0.555. The summed E-state index contributed by atoms with van der Waals surface area (Å²) in [4.78, 5) is 16.9. The summed E-state index contributed by atoms with van der Waals surface area (Å²) in [6.07, 6.45) is 3.38. The fraction of sp³-hybridized carbons (Fsp3) is 0.722. The first-order valence-corrected chi connectivity index (χ1v) is 10.3. The Hall–Kier alpha value is -1.42. The first-order valence-electron chi connectivity index (χ1n) is 9.56. The quantitative estimate of drug-likeness (QED) is 0.818. The van der Waals surface area contributed by atoms with Crippen molar-refractivity contribution >= 4 is 17.6 Å². The van der Waals surface area contributed by atoms with Gasteiger partial charge in [-0.15, -0.1) is 0 Å². The van der Waals surface area contributed by atoms with Crippen molar-refractivity contribution in [1.29, 1.82) is 0 Å². The highest BCUT2D eigenvalue weighted by Gasteiger charge is 2.58. The predicted octanol–water partition coefficient (Wildman–Crippen LogP) is 0.820. The van der Waals surface area contributed by atoms with Crippen LogP contribution in [0.25, 0.3) is 0 Å². The molecule has 1 N–H and O–H groups in total. The molecule has 3 saturated heterocycles. The highest BCUT2D eigenvalue weighted by molar-refractivity contribution is 6.99. The van der Waals surface area contributed by atoms with Crippen LogP contribution in [0.3, 0.4) is 0 Å². The lowest BCUT2D eigenvalue weighted by Crippen LogP contribution is -2.48. The third-order valence-electron chi connectivity index (χ3n) is 6.47. The van der Waals surface area contributed by atoms with E-state index in [1.807, 2.05) is 0 Å². The monoisotopic (exact) mass is 394 g/mol. The largest absolute Gasteiger partial charge is 0.390 e. The molecule has 9 heteroatoms. The zero-order chi connectivity index (χ0) is 18.5. The van der Waals surface area contributed by atoms with E-state index in [4.69, 9.17) is 4.74 Å². The summed E-state index contributed by atoms with van der Waals surface area (Å²) in [7, 11) is 0. The van der Waals surface area contributed by atoms with Gasteiger partial charge in [0.2, 0.25) is 5.91 Å². The van der Waals surface area contributed by atoms with Gasteiger partial charge < -0.3 is 14.7 Å². The van der Waals surface area contributed by atoms with Crippen LogP contribution < -0.4 is 0 Å². The van der Waals surface area contributed by atoms with Crippen LogP contribution in [0.2, 0.25) is 0 Å². The number of aliphatic hydroxyl groups is 1. The second kappa shape index (κ2) is 6.88. The number of aromatic nitrogens is 2. The Bertz CT molecular complexity index is 745. The molecule has 0 spiro atoms. The van der Waals surface area contributed by atoms with Gasteiger partial charge in [-0.1, -0.05) is 0 Å². The maximum Gasteiger partial charge on any atom is 0.228 e. The van der Waals surface area contributed by atoms with E-state index in [9.17, 15) is 14.3 Å². The second-order valence-electron chi connectivity index (χ2n) is 8.09. The minimum Gasteiger partial charge on any atom is -0.390 e. The molecule has 1 aromatic rings. The average Bonchev–Trinajstić information content (AvgIpc) is 3.39. The van der Waals surface area contributed by atoms with Crippen molar-refractivity contribution in [2.75, 3.05) is 26.2 Å². The minimum absolute atomic E-state index is 0.0271. The van der Waals surface area contributed by atoms with Crippen molar-refractivity contribution in [2.24, 2.45) is 17.8 Å². The van der Waals surface area contributed by atoms with Crippen LogP contribution in [-0.4, -0.2) is 74.1 Å². The van der Waals surface area contributed by atoms with Gasteiger partial charge in [0.15, 0.2) is 0 Å². The van der Waals surface area contributed by atoms with Crippen molar-refractivity contribution in [3.63, 3.8) is 0 Å². The number of carbonyl (C=O) groups is 1. The van der Waals surface area contributed by atoms with Crippen LogP contribution in [0, 0.1) is 17.8 Å². The summed E-state index contributed by atoms with van der Waals surface area (Å²) in [5.41, 5.74) is 0.933. The van der Waals surface area contributed by atoms with Crippen LogP contribution in [0.15, 0.2) is 18.1 Å². The fourth-order valence-electron chi connectivity index (χ4n) is 5.26. The van der Waals surface area contributed by atoms with Gasteiger partial charge in [0.05, 0.1) is 54.4 Å². The molecule has 6 atom stereocenters. The maximum atomic E-state index is 13.6. The van der Waals surface area contributed by atoms with Gasteiger partial charge in [-0.3, -0.25) is 9.69 Å². The van der Waals surface area contributed by atoms with Crippen LogP contribution in [-0.2, 0) is 16.1 Å². The van der Waals surface area contributed by atoms with Crippen molar-refractivity contribution in [3.05, 3.63) is 23.8 Å². The Kier molecular flexibility index (Phi) is 4.50. The molecular formula is C18H23FN4O3S. The van der Waals surface area contributed by atoms with E-state index in [1.165, 1.54) is 11.7 Å². The lowest BCUT2D eigenvalue weighted by molar-refractivity contribution is -0.147. The summed E-state index contributed by atoms with van der Waals surface area (Å²) < 4.78 is 28.1. The smallest absolute Gasteiger partial charge is 0.228 e.